The van der Waals surface area contributed by atoms with E-state index in [1.165, 1.54) is 141 Å². The van der Waals surface area contributed by atoms with E-state index < -0.39 is 74.2 Å². The minimum Gasteiger partial charge on any atom is -0.394 e. The zero-order chi connectivity index (χ0) is 43.5. The Hall–Kier alpha value is -0.890. The highest BCUT2D eigenvalue weighted by Crippen LogP contribution is 2.23. The lowest BCUT2D eigenvalue weighted by molar-refractivity contribution is -0.303. The molecule has 0 bridgehead atoms. The highest BCUT2D eigenvalue weighted by molar-refractivity contribution is 5.80. The first-order chi connectivity index (χ1) is 28.5. The van der Waals surface area contributed by atoms with Gasteiger partial charge in [-0.3, -0.25) is 4.79 Å². The van der Waals surface area contributed by atoms with Crippen molar-refractivity contribution < 1.29 is 50.0 Å². The van der Waals surface area contributed by atoms with Crippen LogP contribution in [0.15, 0.2) is 0 Å². The van der Waals surface area contributed by atoms with E-state index in [0.717, 1.165) is 44.4 Å². The van der Waals surface area contributed by atoms with Gasteiger partial charge in [0, 0.05) is 0 Å². The van der Waals surface area contributed by atoms with Gasteiger partial charge in [-0.05, 0) is 18.8 Å². The normalized spacial score (nSPS) is 21.8. The molecule has 0 aromatic rings. The Morgan fingerprint density at radius 3 is 1.36 bits per heavy atom. The number of rotatable bonds is 41. The van der Waals surface area contributed by atoms with Crippen molar-refractivity contribution in [3.8, 4) is 0 Å². The maximum Gasteiger partial charge on any atom is 0.249 e. The number of hydrogen-bond donors (Lipinski definition) is 8. The molecule has 1 saturated heterocycles. The molecule has 1 aliphatic heterocycles. The molecule has 0 saturated carbocycles. The Bertz CT molecular complexity index is 941. The van der Waals surface area contributed by atoms with Crippen molar-refractivity contribution in [1.82, 2.24) is 5.32 Å². The number of nitrogens with one attached hydrogen (secondary N) is 1. The summed E-state index contributed by atoms with van der Waals surface area (Å²) < 4.78 is 11.1. The van der Waals surface area contributed by atoms with Crippen LogP contribution >= 0.6 is 0 Å². The Kier molecular flexibility index (Phi) is 35.8. The summed E-state index contributed by atoms with van der Waals surface area (Å²) in [6.45, 7) is 5.75. The van der Waals surface area contributed by atoms with Crippen LogP contribution in [0.25, 0.3) is 0 Å². The molecule has 1 fully saturated rings. The van der Waals surface area contributed by atoms with Gasteiger partial charge in [-0.15, -0.1) is 0 Å². The van der Waals surface area contributed by atoms with Gasteiger partial charge in [0.2, 0.25) is 5.91 Å². The van der Waals surface area contributed by atoms with Gasteiger partial charge < -0.3 is 50.5 Å². The third-order valence-corrected chi connectivity index (χ3v) is 12.3. The van der Waals surface area contributed by atoms with E-state index in [0.29, 0.717) is 19.3 Å². The molecule has 9 atom stereocenters. The fourth-order valence-corrected chi connectivity index (χ4v) is 8.21. The Morgan fingerprint density at radius 2 is 0.949 bits per heavy atom. The van der Waals surface area contributed by atoms with Crippen LogP contribution < -0.4 is 5.32 Å². The van der Waals surface area contributed by atoms with Crippen LogP contribution in [0.2, 0.25) is 0 Å². The first-order valence-corrected chi connectivity index (χ1v) is 24.8. The number of aliphatic hydroxyl groups excluding tert-OH is 7. The molecular formula is C48H95NO10. The van der Waals surface area contributed by atoms with Gasteiger partial charge in [0.15, 0.2) is 6.29 Å². The molecule has 0 aliphatic carbocycles. The number of aliphatic hydroxyl groups is 7. The van der Waals surface area contributed by atoms with Gasteiger partial charge in [-0.1, -0.05) is 213 Å². The van der Waals surface area contributed by atoms with Crippen molar-refractivity contribution >= 4 is 5.91 Å². The molecule has 0 spiro atoms. The standard InChI is InChI=1S/C48H95NO10/c1-4-5-6-7-8-9-10-11-12-13-14-15-16-17-18-19-22-26-29-32-35-41(52)47(57)49-39(37-58-48-46(56)45(55)44(54)42(36-50)59-48)43(53)40(51)34-31-28-25-23-20-21-24-27-30-33-38(2)3/h38-46,48,50-56H,4-37H2,1-3H3,(H,49,57)/t39-,40+,41-,42+,43-,44-,45-,46+,48-/m0/s1. The predicted octanol–water partition coefficient (Wildman–Crippen LogP) is 8.53. The average molecular weight is 846 g/mol. The third kappa shape index (κ3) is 28.4. The summed E-state index contributed by atoms with van der Waals surface area (Å²) >= 11 is 0. The summed E-state index contributed by atoms with van der Waals surface area (Å²) in [7, 11) is 0. The Balaban J connectivity index is 2.37. The lowest BCUT2D eigenvalue weighted by atomic mass is 9.98. The molecule has 59 heavy (non-hydrogen) atoms. The molecule has 0 aromatic carbocycles. The van der Waals surface area contributed by atoms with Crippen LogP contribution in [0.4, 0.5) is 0 Å². The zero-order valence-electron chi connectivity index (χ0n) is 38.2. The van der Waals surface area contributed by atoms with Crippen molar-refractivity contribution in [2.24, 2.45) is 5.92 Å². The van der Waals surface area contributed by atoms with E-state index in [1.807, 2.05) is 0 Å². The molecule has 1 heterocycles. The fraction of sp³-hybridized carbons (Fsp3) is 0.979. The molecule has 0 aromatic heterocycles. The molecule has 0 radical (unpaired) electrons. The number of carbonyl (C=O) groups excluding carboxylic acids is 1. The van der Waals surface area contributed by atoms with Crippen molar-refractivity contribution in [1.29, 1.82) is 0 Å². The molecule has 8 N–H and O–H groups in total. The first kappa shape index (κ1) is 56.1. The second-order valence-corrected chi connectivity index (χ2v) is 18.4. The Morgan fingerprint density at radius 1 is 0.559 bits per heavy atom. The molecule has 1 aliphatic rings. The van der Waals surface area contributed by atoms with Gasteiger partial charge in [-0.25, -0.2) is 0 Å². The van der Waals surface area contributed by atoms with Gasteiger partial charge in [0.1, 0.15) is 36.6 Å². The van der Waals surface area contributed by atoms with Crippen LogP contribution in [0, 0.1) is 5.92 Å². The molecule has 1 rings (SSSR count). The van der Waals surface area contributed by atoms with Crippen LogP contribution in [-0.2, 0) is 14.3 Å². The van der Waals surface area contributed by atoms with Gasteiger partial charge in [0.25, 0.3) is 0 Å². The number of unbranched alkanes of at least 4 members (excludes halogenated alkanes) is 27. The lowest BCUT2D eigenvalue weighted by Crippen LogP contribution is -2.60. The average Bonchev–Trinajstić information content (AvgIpc) is 3.22. The van der Waals surface area contributed by atoms with E-state index in [4.69, 9.17) is 9.47 Å². The maximum atomic E-state index is 13.1. The minimum atomic E-state index is -1.66. The lowest BCUT2D eigenvalue weighted by Gasteiger charge is -2.40. The smallest absolute Gasteiger partial charge is 0.249 e. The van der Waals surface area contributed by atoms with Gasteiger partial charge >= 0.3 is 0 Å². The quantitative estimate of drug-likeness (QED) is 0.0277. The van der Waals surface area contributed by atoms with Crippen LogP contribution in [0.5, 0.6) is 0 Å². The highest BCUT2D eigenvalue weighted by Gasteiger charge is 2.44. The summed E-state index contributed by atoms with van der Waals surface area (Å²) in [6, 6.07) is -1.16. The summed E-state index contributed by atoms with van der Waals surface area (Å²) in [5.41, 5.74) is 0. The summed E-state index contributed by atoms with van der Waals surface area (Å²) in [4.78, 5) is 13.1. The Labute approximate surface area is 360 Å². The predicted molar refractivity (Wildman–Crippen MR) is 238 cm³/mol. The van der Waals surface area contributed by atoms with Gasteiger partial charge in [-0.2, -0.15) is 0 Å². The minimum absolute atomic E-state index is 0.266. The van der Waals surface area contributed by atoms with Crippen LogP contribution in [0.3, 0.4) is 0 Å². The van der Waals surface area contributed by atoms with Crippen LogP contribution in [0.1, 0.15) is 226 Å². The van der Waals surface area contributed by atoms with E-state index in [1.54, 1.807) is 0 Å². The number of hydrogen-bond acceptors (Lipinski definition) is 10. The molecule has 0 unspecified atom stereocenters. The van der Waals surface area contributed by atoms with Crippen LogP contribution in [-0.4, -0.2) is 110 Å². The van der Waals surface area contributed by atoms with E-state index in [-0.39, 0.29) is 6.42 Å². The highest BCUT2D eigenvalue weighted by atomic mass is 16.7. The zero-order valence-corrected chi connectivity index (χ0v) is 38.2. The molecule has 352 valence electrons. The maximum absolute atomic E-state index is 13.1. The van der Waals surface area contributed by atoms with Gasteiger partial charge in [0.05, 0.1) is 25.4 Å². The number of carbonyl (C=O) groups is 1. The summed E-state index contributed by atoms with van der Waals surface area (Å²) in [5.74, 6) is 0.0701. The SMILES string of the molecule is CCCCCCCCCCCCCCCCCCCCCC[C@H](O)C(=O)N[C@@H](CO[C@H]1O[C@H](CO)[C@H](O)[C@H](O)[C@H]1O)[C@H](O)[C@H](O)CCCCCCCCCCCC(C)C. The number of ether oxygens (including phenoxy) is 2. The second kappa shape index (κ2) is 37.6. The summed E-state index contributed by atoms with van der Waals surface area (Å²) in [6.07, 6.45) is 25.9. The largest absolute Gasteiger partial charge is 0.394 e. The van der Waals surface area contributed by atoms with Crippen molar-refractivity contribution in [3.05, 3.63) is 0 Å². The van der Waals surface area contributed by atoms with E-state index in [2.05, 4.69) is 26.1 Å². The first-order valence-electron chi connectivity index (χ1n) is 24.8. The second-order valence-electron chi connectivity index (χ2n) is 18.4. The summed E-state index contributed by atoms with van der Waals surface area (Å²) in [5, 5.41) is 75.7. The monoisotopic (exact) mass is 846 g/mol. The van der Waals surface area contributed by atoms with E-state index in [9.17, 15) is 40.5 Å². The fourth-order valence-electron chi connectivity index (χ4n) is 8.21. The molecular weight excluding hydrogens is 751 g/mol. The molecule has 11 nitrogen and oxygen atoms in total. The van der Waals surface area contributed by atoms with Crippen molar-refractivity contribution in [2.45, 2.75) is 281 Å². The third-order valence-electron chi connectivity index (χ3n) is 12.3. The van der Waals surface area contributed by atoms with E-state index >= 15 is 0 Å². The van der Waals surface area contributed by atoms with Crippen molar-refractivity contribution in [2.75, 3.05) is 13.2 Å². The molecule has 1 amide bonds. The topological polar surface area (TPSA) is 189 Å². The van der Waals surface area contributed by atoms with Crippen molar-refractivity contribution in [3.63, 3.8) is 0 Å². The molecule has 11 heteroatoms. The number of amides is 1.